The van der Waals surface area contributed by atoms with E-state index in [1.165, 1.54) is 12.0 Å². The van der Waals surface area contributed by atoms with E-state index in [1.54, 1.807) is 0 Å². The van der Waals surface area contributed by atoms with Crippen LogP contribution in [0, 0.1) is 5.92 Å². The minimum atomic E-state index is 0.737. The molecule has 0 aliphatic rings. The maximum atomic E-state index is 5.81. The van der Waals surface area contributed by atoms with Gasteiger partial charge in [0.15, 0.2) is 0 Å². The standard InChI is InChI=1S/C11H14BrCl/c1-2-9(8-12)7-10-3-5-11(13)6-4-10/h3-6,9H,2,7-8H2,1H3. The summed E-state index contributed by atoms with van der Waals surface area (Å²) in [6, 6.07) is 8.12. The second kappa shape index (κ2) is 5.66. The van der Waals surface area contributed by atoms with E-state index in [0.717, 1.165) is 22.7 Å². The summed E-state index contributed by atoms with van der Waals surface area (Å²) in [5, 5.41) is 1.89. The summed E-state index contributed by atoms with van der Waals surface area (Å²) >= 11 is 9.33. The van der Waals surface area contributed by atoms with Crippen molar-refractivity contribution in [3.05, 3.63) is 34.9 Å². The second-order valence-corrected chi connectivity index (χ2v) is 4.34. The van der Waals surface area contributed by atoms with E-state index in [-0.39, 0.29) is 0 Å². The smallest absolute Gasteiger partial charge is 0.0406 e. The Morgan fingerprint density at radius 3 is 2.38 bits per heavy atom. The molecule has 72 valence electrons. The maximum absolute atomic E-state index is 5.81. The first kappa shape index (κ1) is 11.1. The number of hydrogen-bond donors (Lipinski definition) is 0. The zero-order valence-electron chi connectivity index (χ0n) is 7.76. The van der Waals surface area contributed by atoms with Crippen LogP contribution in [0.5, 0.6) is 0 Å². The summed E-state index contributed by atoms with van der Waals surface area (Å²) in [7, 11) is 0. The van der Waals surface area contributed by atoms with Crippen LogP contribution in [0.15, 0.2) is 24.3 Å². The van der Waals surface area contributed by atoms with Crippen LogP contribution >= 0.6 is 27.5 Å². The van der Waals surface area contributed by atoms with Gasteiger partial charge in [0.05, 0.1) is 0 Å². The van der Waals surface area contributed by atoms with Gasteiger partial charge in [0.2, 0.25) is 0 Å². The molecule has 0 bridgehead atoms. The monoisotopic (exact) mass is 260 g/mol. The number of rotatable bonds is 4. The van der Waals surface area contributed by atoms with Gasteiger partial charge in [-0.05, 0) is 30.0 Å². The lowest BCUT2D eigenvalue weighted by atomic mass is 9.99. The topological polar surface area (TPSA) is 0 Å². The van der Waals surface area contributed by atoms with Crippen molar-refractivity contribution in [2.45, 2.75) is 19.8 Å². The van der Waals surface area contributed by atoms with E-state index in [4.69, 9.17) is 11.6 Å². The van der Waals surface area contributed by atoms with Crippen LogP contribution in [0.1, 0.15) is 18.9 Å². The van der Waals surface area contributed by atoms with Crippen LogP contribution in [0.25, 0.3) is 0 Å². The summed E-state index contributed by atoms with van der Waals surface area (Å²) in [6.45, 7) is 2.22. The van der Waals surface area contributed by atoms with Crippen LogP contribution in [0.4, 0.5) is 0 Å². The molecular weight excluding hydrogens is 247 g/mol. The molecule has 0 saturated heterocycles. The predicted molar refractivity (Wildman–Crippen MR) is 62.7 cm³/mol. The highest BCUT2D eigenvalue weighted by Gasteiger charge is 2.04. The first-order valence-electron chi connectivity index (χ1n) is 4.56. The molecule has 1 aromatic rings. The Kier molecular flexibility index (Phi) is 4.82. The average Bonchev–Trinajstić information content (AvgIpc) is 2.17. The molecule has 0 fully saturated rings. The Hall–Kier alpha value is -0.0100. The minimum Gasteiger partial charge on any atom is -0.0925 e. The third-order valence-electron chi connectivity index (χ3n) is 2.23. The third kappa shape index (κ3) is 3.70. The number of benzene rings is 1. The van der Waals surface area contributed by atoms with Crippen molar-refractivity contribution in [1.82, 2.24) is 0 Å². The molecule has 1 aromatic carbocycles. The molecule has 0 amide bonds. The Labute approximate surface area is 93.4 Å². The van der Waals surface area contributed by atoms with Crippen molar-refractivity contribution in [3.8, 4) is 0 Å². The quantitative estimate of drug-likeness (QED) is 0.709. The maximum Gasteiger partial charge on any atom is 0.0406 e. The summed E-state index contributed by atoms with van der Waals surface area (Å²) in [5.74, 6) is 0.737. The van der Waals surface area contributed by atoms with Crippen molar-refractivity contribution in [1.29, 1.82) is 0 Å². The van der Waals surface area contributed by atoms with Gasteiger partial charge >= 0.3 is 0 Å². The first-order chi connectivity index (χ1) is 6.26. The van der Waals surface area contributed by atoms with Gasteiger partial charge < -0.3 is 0 Å². The molecule has 13 heavy (non-hydrogen) atoms. The predicted octanol–water partition coefficient (Wildman–Crippen LogP) is 4.30. The van der Waals surface area contributed by atoms with E-state index in [0.29, 0.717) is 0 Å². The van der Waals surface area contributed by atoms with Gasteiger partial charge in [-0.2, -0.15) is 0 Å². The Balaban J connectivity index is 2.58. The highest BCUT2D eigenvalue weighted by molar-refractivity contribution is 9.09. The van der Waals surface area contributed by atoms with E-state index in [1.807, 2.05) is 12.1 Å². The number of halogens is 2. The highest BCUT2D eigenvalue weighted by Crippen LogP contribution is 2.16. The van der Waals surface area contributed by atoms with Gasteiger partial charge in [0.1, 0.15) is 0 Å². The molecule has 0 nitrogen and oxygen atoms in total. The Morgan fingerprint density at radius 2 is 1.92 bits per heavy atom. The average molecular weight is 262 g/mol. The van der Waals surface area contributed by atoms with Gasteiger partial charge in [-0.25, -0.2) is 0 Å². The molecule has 1 rings (SSSR count). The van der Waals surface area contributed by atoms with E-state index < -0.39 is 0 Å². The summed E-state index contributed by atoms with van der Waals surface area (Å²) < 4.78 is 0. The molecule has 0 N–H and O–H groups in total. The molecule has 0 spiro atoms. The molecule has 1 atom stereocenters. The fourth-order valence-electron chi connectivity index (χ4n) is 1.26. The lowest BCUT2D eigenvalue weighted by Crippen LogP contribution is -2.04. The van der Waals surface area contributed by atoms with Gasteiger partial charge in [0, 0.05) is 10.4 Å². The van der Waals surface area contributed by atoms with Gasteiger partial charge in [0.25, 0.3) is 0 Å². The van der Waals surface area contributed by atoms with Gasteiger partial charge in [-0.3, -0.25) is 0 Å². The fraction of sp³-hybridized carbons (Fsp3) is 0.455. The minimum absolute atomic E-state index is 0.737. The SMILES string of the molecule is CCC(CBr)Cc1ccc(Cl)cc1. The van der Waals surface area contributed by atoms with Crippen molar-refractivity contribution in [2.75, 3.05) is 5.33 Å². The molecule has 0 aliphatic carbocycles. The summed E-state index contributed by atoms with van der Waals surface area (Å²) in [4.78, 5) is 0. The Morgan fingerprint density at radius 1 is 1.31 bits per heavy atom. The fourth-order valence-corrected chi connectivity index (χ4v) is 2.07. The van der Waals surface area contributed by atoms with E-state index >= 15 is 0 Å². The van der Waals surface area contributed by atoms with Crippen LogP contribution in [-0.4, -0.2) is 5.33 Å². The molecule has 0 aliphatic heterocycles. The molecule has 0 aromatic heterocycles. The van der Waals surface area contributed by atoms with Crippen LogP contribution in [-0.2, 0) is 6.42 Å². The number of hydrogen-bond acceptors (Lipinski definition) is 0. The van der Waals surface area contributed by atoms with Crippen molar-refractivity contribution in [3.63, 3.8) is 0 Å². The Bertz CT molecular complexity index is 239. The molecular formula is C11H14BrCl. The van der Waals surface area contributed by atoms with Gasteiger partial charge in [-0.1, -0.05) is 53.0 Å². The van der Waals surface area contributed by atoms with E-state index in [2.05, 4.69) is 35.0 Å². The van der Waals surface area contributed by atoms with Gasteiger partial charge in [-0.15, -0.1) is 0 Å². The van der Waals surface area contributed by atoms with E-state index in [9.17, 15) is 0 Å². The molecule has 0 radical (unpaired) electrons. The van der Waals surface area contributed by atoms with Crippen molar-refractivity contribution in [2.24, 2.45) is 5.92 Å². The van der Waals surface area contributed by atoms with Crippen molar-refractivity contribution < 1.29 is 0 Å². The summed E-state index contributed by atoms with van der Waals surface area (Å²) in [5.41, 5.74) is 1.37. The van der Waals surface area contributed by atoms with Crippen LogP contribution < -0.4 is 0 Å². The largest absolute Gasteiger partial charge is 0.0925 e. The molecule has 2 heteroatoms. The van der Waals surface area contributed by atoms with Crippen LogP contribution in [0.3, 0.4) is 0 Å². The number of alkyl halides is 1. The molecule has 0 saturated carbocycles. The zero-order valence-corrected chi connectivity index (χ0v) is 10.1. The lowest BCUT2D eigenvalue weighted by molar-refractivity contribution is 0.574. The van der Waals surface area contributed by atoms with Crippen LogP contribution in [0.2, 0.25) is 5.02 Å². The third-order valence-corrected chi connectivity index (χ3v) is 3.40. The molecule has 1 unspecified atom stereocenters. The first-order valence-corrected chi connectivity index (χ1v) is 6.06. The van der Waals surface area contributed by atoms with Crippen molar-refractivity contribution >= 4 is 27.5 Å². The normalized spacial score (nSPS) is 12.8. The highest BCUT2D eigenvalue weighted by atomic mass is 79.9. The zero-order chi connectivity index (χ0) is 9.68. The lowest BCUT2D eigenvalue weighted by Gasteiger charge is -2.10. The second-order valence-electron chi connectivity index (χ2n) is 3.26. The molecule has 0 heterocycles. The summed E-state index contributed by atoms with van der Waals surface area (Å²) in [6.07, 6.45) is 2.35.